The molecule has 0 saturated heterocycles. The number of hydrogen-bond donors (Lipinski definition) is 1. The fourth-order valence-corrected chi connectivity index (χ4v) is 1.28. The maximum atomic E-state index is 11.8. The summed E-state index contributed by atoms with van der Waals surface area (Å²) in [5, 5.41) is 1.66. The first-order valence-electron chi connectivity index (χ1n) is 5.34. The number of carbonyl (C=O) groups excluding carboxylic acids is 2. The third kappa shape index (κ3) is 5.41. The van der Waals surface area contributed by atoms with Gasteiger partial charge in [0.15, 0.2) is 12.9 Å². The van der Waals surface area contributed by atoms with E-state index in [9.17, 15) is 22.8 Å². The Kier molecular flexibility index (Phi) is 4.91. The Morgan fingerprint density at radius 1 is 1.42 bits per heavy atom. The molecule has 0 aliphatic heterocycles. The average molecular weight is 275 g/mol. The molecule has 0 atom stereocenters. The van der Waals surface area contributed by atoms with Gasteiger partial charge in [-0.15, -0.1) is 0 Å². The van der Waals surface area contributed by atoms with Gasteiger partial charge in [0.25, 0.3) is 5.91 Å². The molecular formula is C12H12F3NO3. The second-order valence-corrected chi connectivity index (χ2v) is 3.84. The van der Waals surface area contributed by atoms with Gasteiger partial charge in [0.2, 0.25) is 0 Å². The number of hydrogen-bond acceptors (Lipinski definition) is 3. The summed E-state index contributed by atoms with van der Waals surface area (Å²) in [5.74, 6) is -0.752. The van der Waals surface area contributed by atoms with Crippen molar-refractivity contribution in [3.8, 4) is 5.75 Å². The lowest BCUT2D eigenvalue weighted by atomic mass is 10.1. The first-order chi connectivity index (χ1) is 8.81. The average Bonchev–Trinajstić information content (AvgIpc) is 2.33. The number of alkyl halides is 3. The van der Waals surface area contributed by atoms with Crippen LogP contribution in [0.4, 0.5) is 13.2 Å². The summed E-state index contributed by atoms with van der Waals surface area (Å²) in [6.07, 6.45) is -3.91. The monoisotopic (exact) mass is 275 g/mol. The number of ether oxygens (including phenoxy) is 1. The van der Waals surface area contributed by atoms with E-state index < -0.39 is 25.2 Å². The highest BCUT2D eigenvalue weighted by atomic mass is 19.4. The maximum absolute atomic E-state index is 11.8. The van der Waals surface area contributed by atoms with Crippen LogP contribution >= 0.6 is 0 Å². The summed E-state index contributed by atoms with van der Waals surface area (Å²) in [7, 11) is 0. The van der Waals surface area contributed by atoms with Crippen LogP contribution < -0.4 is 10.1 Å². The SMILES string of the molecule is Cc1ccc(OCC(=O)NCC(F)(F)F)c(C=O)c1. The van der Waals surface area contributed by atoms with Crippen LogP contribution in [-0.4, -0.2) is 31.5 Å². The summed E-state index contributed by atoms with van der Waals surface area (Å²) in [6, 6.07) is 4.70. The lowest BCUT2D eigenvalue weighted by molar-refractivity contribution is -0.139. The van der Waals surface area contributed by atoms with Crippen molar-refractivity contribution in [1.82, 2.24) is 5.32 Å². The maximum Gasteiger partial charge on any atom is 0.405 e. The van der Waals surface area contributed by atoms with E-state index >= 15 is 0 Å². The van der Waals surface area contributed by atoms with E-state index in [1.807, 2.05) is 0 Å². The van der Waals surface area contributed by atoms with Gasteiger partial charge in [-0.1, -0.05) is 11.6 Å². The minimum atomic E-state index is -4.46. The normalized spacial score (nSPS) is 10.9. The molecule has 0 spiro atoms. The summed E-state index contributed by atoms with van der Waals surface area (Å²) in [6.45, 7) is -0.226. The number of nitrogens with one attached hydrogen (secondary N) is 1. The number of aryl methyl sites for hydroxylation is 1. The molecule has 0 saturated carbocycles. The minimum Gasteiger partial charge on any atom is -0.483 e. The smallest absolute Gasteiger partial charge is 0.405 e. The Morgan fingerprint density at radius 2 is 2.11 bits per heavy atom. The van der Waals surface area contributed by atoms with Gasteiger partial charge in [-0.05, 0) is 19.1 Å². The van der Waals surface area contributed by atoms with Crippen LogP contribution in [0.25, 0.3) is 0 Å². The summed E-state index contributed by atoms with van der Waals surface area (Å²) in [5.41, 5.74) is 1.07. The third-order valence-electron chi connectivity index (χ3n) is 2.14. The molecule has 0 aliphatic rings. The van der Waals surface area contributed by atoms with Gasteiger partial charge in [-0.25, -0.2) is 0 Å². The van der Waals surface area contributed by atoms with E-state index in [0.29, 0.717) is 6.29 Å². The zero-order chi connectivity index (χ0) is 14.5. The number of rotatable bonds is 5. The molecular weight excluding hydrogens is 263 g/mol. The van der Waals surface area contributed by atoms with Crippen molar-refractivity contribution in [2.45, 2.75) is 13.1 Å². The Balaban J connectivity index is 2.53. The Bertz CT molecular complexity index is 472. The molecule has 7 heteroatoms. The molecule has 0 aliphatic carbocycles. The molecule has 1 aromatic carbocycles. The van der Waals surface area contributed by atoms with Gasteiger partial charge in [0.1, 0.15) is 12.3 Å². The molecule has 19 heavy (non-hydrogen) atoms. The first kappa shape index (κ1) is 15.0. The van der Waals surface area contributed by atoms with E-state index in [1.54, 1.807) is 24.4 Å². The van der Waals surface area contributed by atoms with Gasteiger partial charge in [-0.3, -0.25) is 9.59 Å². The minimum absolute atomic E-state index is 0.155. The summed E-state index contributed by atoms with van der Waals surface area (Å²) < 4.78 is 40.5. The molecule has 4 nitrogen and oxygen atoms in total. The van der Waals surface area contributed by atoms with E-state index in [4.69, 9.17) is 4.74 Å². The number of amides is 1. The Labute approximate surface area is 107 Å². The zero-order valence-electron chi connectivity index (χ0n) is 10.1. The Morgan fingerprint density at radius 3 is 2.68 bits per heavy atom. The molecule has 0 bridgehead atoms. The van der Waals surface area contributed by atoms with Crippen molar-refractivity contribution in [2.24, 2.45) is 0 Å². The van der Waals surface area contributed by atoms with Crippen molar-refractivity contribution in [3.63, 3.8) is 0 Å². The molecule has 0 radical (unpaired) electrons. The van der Waals surface area contributed by atoms with Crippen molar-refractivity contribution < 1.29 is 27.5 Å². The number of benzene rings is 1. The molecule has 1 amide bonds. The number of carbonyl (C=O) groups is 2. The van der Waals surface area contributed by atoms with E-state index in [2.05, 4.69) is 0 Å². The van der Waals surface area contributed by atoms with Crippen LogP contribution in [0, 0.1) is 6.92 Å². The Hall–Kier alpha value is -2.05. The molecule has 0 heterocycles. The van der Waals surface area contributed by atoms with Crippen LogP contribution in [0.5, 0.6) is 5.75 Å². The second kappa shape index (κ2) is 6.21. The van der Waals surface area contributed by atoms with E-state index in [-0.39, 0.29) is 11.3 Å². The van der Waals surface area contributed by atoms with Crippen LogP contribution in [0.2, 0.25) is 0 Å². The first-order valence-corrected chi connectivity index (χ1v) is 5.34. The lowest BCUT2D eigenvalue weighted by Crippen LogP contribution is -2.36. The number of aldehydes is 1. The zero-order valence-corrected chi connectivity index (χ0v) is 10.1. The summed E-state index contributed by atoms with van der Waals surface area (Å²) >= 11 is 0. The largest absolute Gasteiger partial charge is 0.483 e. The van der Waals surface area contributed by atoms with Gasteiger partial charge >= 0.3 is 6.18 Å². The van der Waals surface area contributed by atoms with Crippen molar-refractivity contribution in [2.75, 3.05) is 13.2 Å². The van der Waals surface area contributed by atoms with Crippen molar-refractivity contribution >= 4 is 12.2 Å². The van der Waals surface area contributed by atoms with Gasteiger partial charge < -0.3 is 10.1 Å². The molecule has 0 fully saturated rings. The van der Waals surface area contributed by atoms with Crippen molar-refractivity contribution in [1.29, 1.82) is 0 Å². The molecule has 0 aromatic heterocycles. The summed E-state index contributed by atoms with van der Waals surface area (Å²) in [4.78, 5) is 21.9. The molecule has 104 valence electrons. The van der Waals surface area contributed by atoms with E-state index in [1.165, 1.54) is 6.07 Å². The van der Waals surface area contributed by atoms with Crippen LogP contribution in [0.15, 0.2) is 18.2 Å². The topological polar surface area (TPSA) is 55.4 Å². The predicted molar refractivity (Wildman–Crippen MR) is 61.1 cm³/mol. The van der Waals surface area contributed by atoms with Crippen LogP contribution in [-0.2, 0) is 4.79 Å². The number of halogens is 3. The highest BCUT2D eigenvalue weighted by Gasteiger charge is 2.27. The fourth-order valence-electron chi connectivity index (χ4n) is 1.28. The second-order valence-electron chi connectivity index (χ2n) is 3.84. The molecule has 1 rings (SSSR count). The highest BCUT2D eigenvalue weighted by molar-refractivity contribution is 5.81. The van der Waals surface area contributed by atoms with Gasteiger partial charge in [0, 0.05) is 0 Å². The predicted octanol–water partition coefficient (Wildman–Crippen LogP) is 1.86. The standard InChI is InChI=1S/C12H12F3NO3/c1-8-2-3-10(9(4-8)5-17)19-6-11(18)16-7-12(13,14)15/h2-5H,6-7H2,1H3,(H,16,18). The molecule has 1 aromatic rings. The van der Waals surface area contributed by atoms with Gasteiger partial charge in [0.05, 0.1) is 5.56 Å². The third-order valence-corrected chi connectivity index (χ3v) is 2.14. The van der Waals surface area contributed by atoms with Crippen LogP contribution in [0.3, 0.4) is 0 Å². The molecule has 1 N–H and O–H groups in total. The highest BCUT2D eigenvalue weighted by Crippen LogP contribution is 2.18. The lowest BCUT2D eigenvalue weighted by Gasteiger charge is -2.10. The van der Waals surface area contributed by atoms with Crippen LogP contribution in [0.1, 0.15) is 15.9 Å². The van der Waals surface area contributed by atoms with Crippen molar-refractivity contribution in [3.05, 3.63) is 29.3 Å². The molecule has 0 unspecified atom stereocenters. The quantitative estimate of drug-likeness (QED) is 0.834. The van der Waals surface area contributed by atoms with E-state index in [0.717, 1.165) is 5.56 Å². The fraction of sp³-hybridized carbons (Fsp3) is 0.333. The van der Waals surface area contributed by atoms with Gasteiger partial charge in [-0.2, -0.15) is 13.2 Å².